The van der Waals surface area contributed by atoms with Gasteiger partial charge in [-0.05, 0) is 55.8 Å². The molecular weight excluding hydrogens is 371 g/mol. The van der Waals surface area contributed by atoms with Gasteiger partial charge in [-0.2, -0.15) is 0 Å². The van der Waals surface area contributed by atoms with E-state index in [-0.39, 0.29) is 17.0 Å². The SMILES string of the molecule is Cc1cccc(Nc2nnc(S[C@@H](C)C(=O)Nc3ccc(F)cc3)s2)c1. The molecule has 5 nitrogen and oxygen atoms in total. The number of benzene rings is 2. The predicted octanol–water partition coefficient (Wildman–Crippen LogP) is 4.85. The summed E-state index contributed by atoms with van der Waals surface area (Å²) in [5.74, 6) is -0.516. The summed E-state index contributed by atoms with van der Waals surface area (Å²) in [6.07, 6.45) is 0. The van der Waals surface area contributed by atoms with Crippen LogP contribution in [0.3, 0.4) is 0 Å². The monoisotopic (exact) mass is 388 g/mol. The lowest BCUT2D eigenvalue weighted by Gasteiger charge is -2.10. The van der Waals surface area contributed by atoms with E-state index in [1.54, 1.807) is 6.92 Å². The summed E-state index contributed by atoms with van der Waals surface area (Å²) in [6, 6.07) is 13.6. The molecule has 0 radical (unpaired) electrons. The van der Waals surface area contributed by atoms with Crippen LogP contribution in [0, 0.1) is 12.7 Å². The van der Waals surface area contributed by atoms with E-state index in [4.69, 9.17) is 0 Å². The molecular formula is C18H17FN4OS2. The summed E-state index contributed by atoms with van der Waals surface area (Å²) >= 11 is 2.72. The zero-order chi connectivity index (χ0) is 18.5. The maximum absolute atomic E-state index is 12.9. The quantitative estimate of drug-likeness (QED) is 0.591. The van der Waals surface area contributed by atoms with Crippen molar-refractivity contribution in [3.8, 4) is 0 Å². The molecule has 2 N–H and O–H groups in total. The molecule has 3 aromatic rings. The van der Waals surface area contributed by atoms with Crippen LogP contribution in [0.15, 0.2) is 52.9 Å². The average Bonchev–Trinajstić information content (AvgIpc) is 3.03. The summed E-state index contributed by atoms with van der Waals surface area (Å²) in [4.78, 5) is 12.3. The second-order valence-corrected chi connectivity index (χ2v) is 8.19. The van der Waals surface area contributed by atoms with Crippen molar-refractivity contribution in [1.29, 1.82) is 0 Å². The number of nitrogens with zero attached hydrogens (tertiary/aromatic N) is 2. The van der Waals surface area contributed by atoms with E-state index in [0.29, 0.717) is 15.2 Å². The van der Waals surface area contributed by atoms with Gasteiger partial charge in [-0.3, -0.25) is 4.79 Å². The lowest BCUT2D eigenvalue weighted by molar-refractivity contribution is -0.115. The number of anilines is 3. The van der Waals surface area contributed by atoms with Gasteiger partial charge in [-0.15, -0.1) is 10.2 Å². The molecule has 0 aliphatic rings. The third-order valence-electron chi connectivity index (χ3n) is 3.43. The Kier molecular flexibility index (Phi) is 5.85. The second-order valence-electron chi connectivity index (χ2n) is 5.62. The highest BCUT2D eigenvalue weighted by atomic mass is 32.2. The largest absolute Gasteiger partial charge is 0.330 e. The number of nitrogens with one attached hydrogen (secondary N) is 2. The highest BCUT2D eigenvalue weighted by Crippen LogP contribution is 2.31. The van der Waals surface area contributed by atoms with Crippen molar-refractivity contribution < 1.29 is 9.18 Å². The Hall–Kier alpha value is -2.45. The zero-order valence-corrected chi connectivity index (χ0v) is 15.8. The molecule has 0 fully saturated rings. The van der Waals surface area contributed by atoms with Gasteiger partial charge in [0.25, 0.3) is 0 Å². The molecule has 8 heteroatoms. The Labute approximate surface area is 159 Å². The minimum Gasteiger partial charge on any atom is -0.330 e. The molecule has 0 bridgehead atoms. The Morgan fingerprint density at radius 3 is 2.65 bits per heavy atom. The summed E-state index contributed by atoms with van der Waals surface area (Å²) < 4.78 is 13.6. The first-order valence-corrected chi connectivity index (χ1v) is 9.59. The van der Waals surface area contributed by atoms with Gasteiger partial charge in [-0.25, -0.2) is 4.39 Å². The highest BCUT2D eigenvalue weighted by molar-refractivity contribution is 8.02. The summed E-state index contributed by atoms with van der Waals surface area (Å²) in [6.45, 7) is 3.81. The van der Waals surface area contributed by atoms with E-state index in [0.717, 1.165) is 11.3 Å². The third-order valence-corrected chi connectivity index (χ3v) is 5.46. The first kappa shape index (κ1) is 18.3. The van der Waals surface area contributed by atoms with Gasteiger partial charge in [0.05, 0.1) is 5.25 Å². The smallest absolute Gasteiger partial charge is 0.237 e. The number of rotatable bonds is 6. The average molecular weight is 388 g/mol. The number of thioether (sulfide) groups is 1. The highest BCUT2D eigenvalue weighted by Gasteiger charge is 2.17. The van der Waals surface area contributed by atoms with Gasteiger partial charge in [-0.1, -0.05) is 35.2 Å². The minimum atomic E-state index is -0.361. The molecule has 1 atom stereocenters. The van der Waals surface area contributed by atoms with E-state index in [2.05, 4.69) is 20.8 Å². The summed E-state index contributed by atoms with van der Waals surface area (Å²) in [5, 5.41) is 14.5. The van der Waals surface area contributed by atoms with Crippen LogP contribution in [0.2, 0.25) is 0 Å². The molecule has 134 valence electrons. The molecule has 0 saturated carbocycles. The lowest BCUT2D eigenvalue weighted by Crippen LogP contribution is -2.22. The normalized spacial score (nSPS) is 11.8. The number of aromatic nitrogens is 2. The maximum Gasteiger partial charge on any atom is 0.237 e. The van der Waals surface area contributed by atoms with Crippen molar-refractivity contribution in [2.24, 2.45) is 0 Å². The Bertz CT molecular complexity index is 898. The molecule has 2 aromatic carbocycles. The number of hydrogen-bond acceptors (Lipinski definition) is 6. The number of carbonyl (C=O) groups is 1. The van der Waals surface area contributed by atoms with Crippen LogP contribution in [-0.2, 0) is 4.79 Å². The van der Waals surface area contributed by atoms with Crippen LogP contribution in [0.25, 0.3) is 0 Å². The summed E-state index contributed by atoms with van der Waals surface area (Å²) in [5.41, 5.74) is 2.66. The fourth-order valence-corrected chi connectivity index (χ4v) is 4.05. The van der Waals surface area contributed by atoms with Gasteiger partial charge >= 0.3 is 0 Å². The molecule has 0 aliphatic carbocycles. The van der Waals surface area contributed by atoms with Crippen LogP contribution in [0.4, 0.5) is 20.9 Å². The number of hydrogen-bond donors (Lipinski definition) is 2. The van der Waals surface area contributed by atoms with E-state index in [9.17, 15) is 9.18 Å². The first-order chi connectivity index (χ1) is 12.5. The summed E-state index contributed by atoms with van der Waals surface area (Å²) in [7, 11) is 0. The number of halogens is 1. The van der Waals surface area contributed by atoms with Crippen LogP contribution in [0.5, 0.6) is 0 Å². The first-order valence-electron chi connectivity index (χ1n) is 7.90. The molecule has 0 aliphatic heterocycles. The van der Waals surface area contributed by atoms with Crippen molar-refractivity contribution in [2.45, 2.75) is 23.4 Å². The number of aryl methyl sites for hydroxylation is 1. The van der Waals surface area contributed by atoms with E-state index < -0.39 is 0 Å². The van der Waals surface area contributed by atoms with Crippen molar-refractivity contribution >= 4 is 45.5 Å². The van der Waals surface area contributed by atoms with E-state index in [1.165, 1.54) is 47.4 Å². The van der Waals surface area contributed by atoms with E-state index >= 15 is 0 Å². The van der Waals surface area contributed by atoms with E-state index in [1.807, 2.05) is 31.2 Å². The Morgan fingerprint density at radius 1 is 1.15 bits per heavy atom. The molecule has 1 aromatic heterocycles. The van der Waals surface area contributed by atoms with Crippen molar-refractivity contribution in [3.05, 3.63) is 59.9 Å². The molecule has 0 saturated heterocycles. The molecule has 0 unspecified atom stereocenters. The maximum atomic E-state index is 12.9. The van der Waals surface area contributed by atoms with Gasteiger partial charge in [0.15, 0.2) is 4.34 Å². The van der Waals surface area contributed by atoms with Crippen molar-refractivity contribution in [2.75, 3.05) is 10.6 Å². The molecule has 26 heavy (non-hydrogen) atoms. The van der Waals surface area contributed by atoms with Crippen LogP contribution in [0.1, 0.15) is 12.5 Å². The Balaban J connectivity index is 1.57. The van der Waals surface area contributed by atoms with Crippen LogP contribution < -0.4 is 10.6 Å². The topological polar surface area (TPSA) is 66.9 Å². The zero-order valence-electron chi connectivity index (χ0n) is 14.2. The third kappa shape index (κ3) is 5.03. The van der Waals surface area contributed by atoms with Crippen LogP contribution >= 0.6 is 23.1 Å². The molecule has 1 amide bonds. The Morgan fingerprint density at radius 2 is 1.92 bits per heavy atom. The minimum absolute atomic E-state index is 0.176. The second kappa shape index (κ2) is 8.29. The molecule has 1 heterocycles. The lowest BCUT2D eigenvalue weighted by atomic mass is 10.2. The van der Waals surface area contributed by atoms with Gasteiger partial charge in [0, 0.05) is 11.4 Å². The predicted molar refractivity (Wildman–Crippen MR) is 105 cm³/mol. The number of carbonyl (C=O) groups excluding carboxylic acids is 1. The van der Waals surface area contributed by atoms with Gasteiger partial charge in [0.2, 0.25) is 11.0 Å². The van der Waals surface area contributed by atoms with Crippen LogP contribution in [-0.4, -0.2) is 21.4 Å². The van der Waals surface area contributed by atoms with Gasteiger partial charge < -0.3 is 10.6 Å². The standard InChI is InChI=1S/C18H17FN4OS2/c1-11-4-3-5-15(10-11)21-17-22-23-18(26-17)25-12(2)16(24)20-14-8-6-13(19)7-9-14/h3-10,12H,1-2H3,(H,20,24)(H,21,22)/t12-/m0/s1. The molecule has 3 rings (SSSR count). The fraction of sp³-hybridized carbons (Fsp3) is 0.167. The fourth-order valence-electron chi connectivity index (χ4n) is 2.14. The van der Waals surface area contributed by atoms with Gasteiger partial charge in [0.1, 0.15) is 5.82 Å². The van der Waals surface area contributed by atoms with Crippen molar-refractivity contribution in [3.63, 3.8) is 0 Å². The number of amides is 1. The van der Waals surface area contributed by atoms with Crippen molar-refractivity contribution in [1.82, 2.24) is 10.2 Å². The molecule has 0 spiro atoms.